The summed E-state index contributed by atoms with van der Waals surface area (Å²) in [4.78, 5) is 19.7. The summed E-state index contributed by atoms with van der Waals surface area (Å²) in [6, 6.07) is 3.01. The van der Waals surface area contributed by atoms with Crippen LogP contribution < -0.4 is 10.1 Å². The number of carbonyl (C=O) groups is 1. The van der Waals surface area contributed by atoms with Gasteiger partial charge in [0.1, 0.15) is 10.9 Å². The van der Waals surface area contributed by atoms with E-state index in [9.17, 15) is 4.79 Å². The van der Waals surface area contributed by atoms with Crippen LogP contribution in [0.4, 0.5) is 5.95 Å². The summed E-state index contributed by atoms with van der Waals surface area (Å²) >= 11 is 5.77. The molecule has 2 rings (SSSR count). The summed E-state index contributed by atoms with van der Waals surface area (Å²) in [6.07, 6.45) is 1.43. The molecule has 0 saturated heterocycles. The first-order valence-corrected chi connectivity index (χ1v) is 5.42. The number of carbonyl (C=O) groups excluding carboxylic acids is 1. The molecule has 1 amide bonds. The van der Waals surface area contributed by atoms with Crippen molar-refractivity contribution >= 4 is 23.5 Å². The third-order valence-corrected chi connectivity index (χ3v) is 2.40. The first-order chi connectivity index (χ1) is 8.60. The maximum absolute atomic E-state index is 11.9. The fourth-order valence-corrected chi connectivity index (χ4v) is 1.52. The molecule has 0 atom stereocenters. The Bertz CT molecular complexity index is 583. The van der Waals surface area contributed by atoms with Crippen LogP contribution in [-0.2, 0) is 0 Å². The quantitative estimate of drug-likeness (QED) is 0.864. The fourth-order valence-electron chi connectivity index (χ4n) is 1.35. The SMILES string of the molecule is COc1cc(Cl)nc(NC(=O)c2ccoc2C)n1. The molecule has 94 valence electrons. The van der Waals surface area contributed by atoms with Gasteiger partial charge in [-0.3, -0.25) is 10.1 Å². The molecule has 2 aromatic rings. The molecule has 0 aliphatic carbocycles. The van der Waals surface area contributed by atoms with E-state index in [4.69, 9.17) is 20.8 Å². The lowest BCUT2D eigenvalue weighted by atomic mass is 10.2. The Morgan fingerprint density at radius 1 is 1.50 bits per heavy atom. The zero-order chi connectivity index (χ0) is 13.1. The second-order valence-electron chi connectivity index (χ2n) is 3.40. The van der Waals surface area contributed by atoms with E-state index in [1.54, 1.807) is 13.0 Å². The molecule has 0 bridgehead atoms. The van der Waals surface area contributed by atoms with Gasteiger partial charge in [0, 0.05) is 6.07 Å². The number of rotatable bonds is 3. The third kappa shape index (κ3) is 2.60. The van der Waals surface area contributed by atoms with Crippen molar-refractivity contribution in [2.24, 2.45) is 0 Å². The van der Waals surface area contributed by atoms with Gasteiger partial charge in [-0.1, -0.05) is 11.6 Å². The van der Waals surface area contributed by atoms with Crippen LogP contribution in [0.3, 0.4) is 0 Å². The van der Waals surface area contributed by atoms with Crippen molar-refractivity contribution in [1.82, 2.24) is 9.97 Å². The summed E-state index contributed by atoms with van der Waals surface area (Å²) in [6.45, 7) is 1.69. The topological polar surface area (TPSA) is 77.2 Å². The van der Waals surface area contributed by atoms with Crippen LogP contribution in [0.2, 0.25) is 5.15 Å². The van der Waals surface area contributed by atoms with Crippen molar-refractivity contribution in [3.05, 3.63) is 34.9 Å². The van der Waals surface area contributed by atoms with E-state index in [0.29, 0.717) is 11.3 Å². The number of aromatic nitrogens is 2. The van der Waals surface area contributed by atoms with Gasteiger partial charge in [-0.25, -0.2) is 4.98 Å². The highest BCUT2D eigenvalue weighted by Crippen LogP contribution is 2.17. The van der Waals surface area contributed by atoms with Gasteiger partial charge in [0.2, 0.25) is 11.8 Å². The zero-order valence-electron chi connectivity index (χ0n) is 9.73. The Morgan fingerprint density at radius 2 is 2.28 bits per heavy atom. The van der Waals surface area contributed by atoms with Gasteiger partial charge in [-0.05, 0) is 13.0 Å². The molecule has 1 N–H and O–H groups in total. The normalized spacial score (nSPS) is 10.2. The van der Waals surface area contributed by atoms with Crippen molar-refractivity contribution in [1.29, 1.82) is 0 Å². The Hall–Kier alpha value is -2.08. The first kappa shape index (κ1) is 12.4. The predicted octanol–water partition coefficient (Wildman–Crippen LogP) is 2.29. The minimum atomic E-state index is -0.370. The van der Waals surface area contributed by atoms with Crippen LogP contribution in [0, 0.1) is 6.92 Å². The van der Waals surface area contributed by atoms with E-state index < -0.39 is 0 Å². The lowest BCUT2D eigenvalue weighted by Crippen LogP contribution is -2.14. The van der Waals surface area contributed by atoms with Crippen LogP contribution in [0.5, 0.6) is 5.88 Å². The van der Waals surface area contributed by atoms with Gasteiger partial charge in [-0.15, -0.1) is 0 Å². The summed E-state index contributed by atoms with van der Waals surface area (Å²) < 4.78 is 9.97. The molecule has 18 heavy (non-hydrogen) atoms. The van der Waals surface area contributed by atoms with Crippen LogP contribution in [-0.4, -0.2) is 23.0 Å². The van der Waals surface area contributed by atoms with E-state index in [1.165, 1.54) is 19.4 Å². The monoisotopic (exact) mass is 267 g/mol. The molecule has 2 heterocycles. The predicted molar refractivity (Wildman–Crippen MR) is 65.0 cm³/mol. The number of hydrogen-bond acceptors (Lipinski definition) is 5. The van der Waals surface area contributed by atoms with Crippen LogP contribution in [0.1, 0.15) is 16.1 Å². The van der Waals surface area contributed by atoms with Crippen molar-refractivity contribution in [2.75, 3.05) is 12.4 Å². The molecule has 0 saturated carbocycles. The lowest BCUT2D eigenvalue weighted by molar-refractivity contribution is 0.102. The van der Waals surface area contributed by atoms with Crippen molar-refractivity contribution < 1.29 is 13.9 Å². The summed E-state index contributed by atoms with van der Waals surface area (Å²) in [5.41, 5.74) is 0.414. The van der Waals surface area contributed by atoms with E-state index in [2.05, 4.69) is 15.3 Å². The first-order valence-electron chi connectivity index (χ1n) is 5.04. The second kappa shape index (κ2) is 5.05. The molecule has 2 aromatic heterocycles. The highest BCUT2D eigenvalue weighted by Gasteiger charge is 2.13. The standard InChI is InChI=1S/C11H10ClN3O3/c1-6-7(3-4-18-6)10(16)15-11-13-8(12)5-9(14-11)17-2/h3-5H,1-2H3,(H,13,14,15,16). The average molecular weight is 268 g/mol. The Labute approximate surface area is 108 Å². The molecular weight excluding hydrogens is 258 g/mol. The Kier molecular flexibility index (Phi) is 3.47. The Morgan fingerprint density at radius 3 is 2.89 bits per heavy atom. The average Bonchev–Trinajstić information content (AvgIpc) is 2.74. The van der Waals surface area contributed by atoms with Gasteiger partial charge in [-0.2, -0.15) is 4.98 Å². The summed E-state index contributed by atoms with van der Waals surface area (Å²) in [5, 5.41) is 2.70. The van der Waals surface area contributed by atoms with Crippen LogP contribution in [0.15, 0.2) is 22.8 Å². The number of nitrogens with zero attached hydrogens (tertiary/aromatic N) is 2. The third-order valence-electron chi connectivity index (χ3n) is 2.21. The highest BCUT2D eigenvalue weighted by molar-refractivity contribution is 6.29. The number of anilines is 1. The molecule has 0 radical (unpaired) electrons. The maximum atomic E-state index is 11.9. The molecule has 0 aromatic carbocycles. The molecule has 0 fully saturated rings. The Balaban J connectivity index is 2.22. The molecule has 0 spiro atoms. The number of furan rings is 1. The van der Waals surface area contributed by atoms with E-state index >= 15 is 0 Å². The number of methoxy groups -OCH3 is 1. The number of amides is 1. The van der Waals surface area contributed by atoms with Crippen molar-refractivity contribution in [3.8, 4) is 5.88 Å². The minimum Gasteiger partial charge on any atom is -0.481 e. The highest BCUT2D eigenvalue weighted by atomic mass is 35.5. The number of nitrogens with one attached hydrogen (secondary N) is 1. The molecule has 0 aliphatic rings. The minimum absolute atomic E-state index is 0.0740. The maximum Gasteiger partial charge on any atom is 0.261 e. The second-order valence-corrected chi connectivity index (χ2v) is 3.79. The van der Waals surface area contributed by atoms with E-state index in [0.717, 1.165) is 0 Å². The largest absolute Gasteiger partial charge is 0.481 e. The molecule has 0 unspecified atom stereocenters. The molecule has 7 heteroatoms. The summed E-state index contributed by atoms with van der Waals surface area (Å²) in [5.74, 6) is 0.492. The molecule has 6 nitrogen and oxygen atoms in total. The molecular formula is C11H10ClN3O3. The van der Waals surface area contributed by atoms with Gasteiger partial charge in [0.15, 0.2) is 0 Å². The van der Waals surface area contributed by atoms with Gasteiger partial charge in [0.25, 0.3) is 5.91 Å². The van der Waals surface area contributed by atoms with Crippen LogP contribution >= 0.6 is 11.6 Å². The van der Waals surface area contributed by atoms with Crippen molar-refractivity contribution in [2.45, 2.75) is 6.92 Å². The smallest absolute Gasteiger partial charge is 0.261 e. The summed E-state index contributed by atoms with van der Waals surface area (Å²) in [7, 11) is 1.45. The number of ether oxygens (including phenoxy) is 1. The van der Waals surface area contributed by atoms with E-state index in [-0.39, 0.29) is 22.9 Å². The fraction of sp³-hybridized carbons (Fsp3) is 0.182. The van der Waals surface area contributed by atoms with Crippen molar-refractivity contribution in [3.63, 3.8) is 0 Å². The lowest BCUT2D eigenvalue weighted by Gasteiger charge is -2.05. The number of aryl methyl sites for hydroxylation is 1. The number of hydrogen-bond donors (Lipinski definition) is 1. The van der Waals surface area contributed by atoms with E-state index in [1.807, 2.05) is 0 Å². The number of halogens is 1. The van der Waals surface area contributed by atoms with Crippen LogP contribution in [0.25, 0.3) is 0 Å². The van der Waals surface area contributed by atoms with Gasteiger partial charge in [0.05, 0.1) is 18.9 Å². The molecule has 0 aliphatic heterocycles. The van der Waals surface area contributed by atoms with Gasteiger partial charge < -0.3 is 9.15 Å². The van der Waals surface area contributed by atoms with Gasteiger partial charge >= 0.3 is 0 Å². The zero-order valence-corrected chi connectivity index (χ0v) is 10.5.